The van der Waals surface area contributed by atoms with Gasteiger partial charge in [0.15, 0.2) is 0 Å². The maximum atomic E-state index is 12.8. The van der Waals surface area contributed by atoms with E-state index < -0.39 is 0 Å². The highest BCUT2D eigenvalue weighted by atomic mass is 19.1. The molecule has 0 amide bonds. The third kappa shape index (κ3) is 3.80. The second-order valence-electron chi connectivity index (χ2n) is 3.68. The van der Waals surface area contributed by atoms with Gasteiger partial charge in [-0.25, -0.2) is 4.39 Å². The van der Waals surface area contributed by atoms with Crippen LogP contribution in [-0.4, -0.2) is 12.3 Å². The molecule has 15 heavy (non-hydrogen) atoms. The maximum absolute atomic E-state index is 12.8. The van der Waals surface area contributed by atoms with E-state index in [2.05, 4.69) is 0 Å². The second kappa shape index (κ2) is 5.61. The van der Waals surface area contributed by atoms with Crippen LogP contribution in [0.2, 0.25) is 0 Å². The zero-order valence-corrected chi connectivity index (χ0v) is 8.92. The Morgan fingerprint density at radius 1 is 1.47 bits per heavy atom. The summed E-state index contributed by atoms with van der Waals surface area (Å²) in [7, 11) is 0. The fourth-order valence-corrected chi connectivity index (χ4v) is 1.46. The van der Waals surface area contributed by atoms with E-state index in [1.807, 2.05) is 6.92 Å². The molecule has 1 aromatic carbocycles. The minimum atomic E-state index is -0.259. The summed E-state index contributed by atoms with van der Waals surface area (Å²) in [5.74, 6) is -0.0965. The van der Waals surface area contributed by atoms with Crippen molar-refractivity contribution < 1.29 is 9.18 Å². The summed E-state index contributed by atoms with van der Waals surface area (Å²) >= 11 is 0. The lowest BCUT2D eigenvalue weighted by molar-refractivity contribution is -0.118. The van der Waals surface area contributed by atoms with E-state index in [0.29, 0.717) is 19.4 Å². The second-order valence-corrected chi connectivity index (χ2v) is 3.68. The topological polar surface area (TPSA) is 43.1 Å². The van der Waals surface area contributed by atoms with Gasteiger partial charge in [-0.1, -0.05) is 6.07 Å². The van der Waals surface area contributed by atoms with Crippen molar-refractivity contribution in [2.24, 2.45) is 5.73 Å². The summed E-state index contributed by atoms with van der Waals surface area (Å²) in [6, 6.07) is 4.51. The summed E-state index contributed by atoms with van der Waals surface area (Å²) in [5.41, 5.74) is 7.05. The highest BCUT2D eigenvalue weighted by molar-refractivity contribution is 5.81. The molecule has 0 aliphatic rings. The van der Waals surface area contributed by atoms with Gasteiger partial charge in [-0.05, 0) is 43.1 Å². The highest BCUT2D eigenvalue weighted by Crippen LogP contribution is 2.12. The summed E-state index contributed by atoms with van der Waals surface area (Å²) in [6.07, 6.45) is 1.61. The van der Waals surface area contributed by atoms with Crippen LogP contribution in [-0.2, 0) is 11.2 Å². The zero-order valence-electron chi connectivity index (χ0n) is 8.92. The predicted molar refractivity (Wildman–Crippen MR) is 58.1 cm³/mol. The summed E-state index contributed by atoms with van der Waals surface area (Å²) in [5, 5.41) is 0. The van der Waals surface area contributed by atoms with Gasteiger partial charge < -0.3 is 5.73 Å². The Balaban J connectivity index is 2.60. The van der Waals surface area contributed by atoms with Crippen LogP contribution in [0.15, 0.2) is 18.2 Å². The smallest absolute Gasteiger partial charge is 0.137 e. The third-order valence-electron chi connectivity index (χ3n) is 2.35. The molecule has 0 unspecified atom stereocenters. The Morgan fingerprint density at radius 3 is 2.80 bits per heavy atom. The quantitative estimate of drug-likeness (QED) is 0.805. The van der Waals surface area contributed by atoms with Crippen molar-refractivity contribution in [3.8, 4) is 0 Å². The Kier molecular flexibility index (Phi) is 4.43. The lowest BCUT2D eigenvalue weighted by Crippen LogP contribution is -2.07. The molecule has 0 aliphatic carbocycles. The number of Topliss-reactive ketones (excluding diaryl/α,β-unsaturated/α-hetero) is 1. The van der Waals surface area contributed by atoms with Crippen molar-refractivity contribution in [1.82, 2.24) is 0 Å². The number of hydrogen-bond acceptors (Lipinski definition) is 2. The van der Waals surface area contributed by atoms with E-state index in [0.717, 1.165) is 17.5 Å². The van der Waals surface area contributed by atoms with E-state index in [-0.39, 0.29) is 11.6 Å². The minimum Gasteiger partial charge on any atom is -0.330 e. The molecule has 82 valence electrons. The van der Waals surface area contributed by atoms with Crippen LogP contribution in [0.3, 0.4) is 0 Å². The van der Waals surface area contributed by atoms with Crippen molar-refractivity contribution in [3.63, 3.8) is 0 Å². The third-order valence-corrected chi connectivity index (χ3v) is 2.35. The van der Waals surface area contributed by atoms with Crippen molar-refractivity contribution in [2.75, 3.05) is 6.54 Å². The van der Waals surface area contributed by atoms with Crippen LogP contribution in [0.5, 0.6) is 0 Å². The van der Waals surface area contributed by atoms with E-state index in [1.54, 1.807) is 6.07 Å². The minimum absolute atomic E-state index is 0.162. The molecule has 0 bridgehead atoms. The van der Waals surface area contributed by atoms with Gasteiger partial charge in [-0.2, -0.15) is 0 Å². The molecule has 2 N–H and O–H groups in total. The van der Waals surface area contributed by atoms with Crippen molar-refractivity contribution in [3.05, 3.63) is 35.1 Å². The van der Waals surface area contributed by atoms with Crippen LogP contribution in [0.4, 0.5) is 4.39 Å². The molecule has 0 fully saturated rings. The summed E-state index contributed by atoms with van der Waals surface area (Å²) in [4.78, 5) is 11.5. The van der Waals surface area contributed by atoms with Crippen molar-refractivity contribution >= 4 is 5.78 Å². The Hall–Kier alpha value is -1.22. The monoisotopic (exact) mass is 209 g/mol. The number of benzene rings is 1. The average molecular weight is 209 g/mol. The highest BCUT2D eigenvalue weighted by Gasteiger charge is 2.06. The first-order valence-corrected chi connectivity index (χ1v) is 5.10. The molecule has 0 aromatic heterocycles. The van der Waals surface area contributed by atoms with Gasteiger partial charge in [0.25, 0.3) is 0 Å². The number of nitrogens with two attached hydrogens (primary N) is 1. The van der Waals surface area contributed by atoms with E-state index in [9.17, 15) is 9.18 Å². The molecule has 0 atom stereocenters. The number of ketones is 1. The first kappa shape index (κ1) is 11.9. The fourth-order valence-electron chi connectivity index (χ4n) is 1.46. The largest absolute Gasteiger partial charge is 0.330 e. The van der Waals surface area contributed by atoms with Gasteiger partial charge in [-0.3, -0.25) is 4.79 Å². The van der Waals surface area contributed by atoms with Gasteiger partial charge in [0, 0.05) is 12.8 Å². The fraction of sp³-hybridized carbons (Fsp3) is 0.417. The number of aryl methyl sites for hydroxylation is 1. The number of carbonyl (C=O) groups is 1. The van der Waals surface area contributed by atoms with Crippen LogP contribution < -0.4 is 5.73 Å². The number of carbonyl (C=O) groups excluding carboxylic acids is 1. The van der Waals surface area contributed by atoms with Crippen LogP contribution >= 0.6 is 0 Å². The number of hydrogen-bond donors (Lipinski definition) is 1. The van der Waals surface area contributed by atoms with Crippen LogP contribution in [0.1, 0.15) is 24.0 Å². The molecule has 0 heterocycles. The van der Waals surface area contributed by atoms with E-state index in [1.165, 1.54) is 12.1 Å². The molecule has 0 radical (unpaired) electrons. The van der Waals surface area contributed by atoms with Gasteiger partial charge in [0.1, 0.15) is 11.6 Å². The molecular formula is C12H16FNO. The van der Waals surface area contributed by atoms with Gasteiger partial charge in [0.2, 0.25) is 0 Å². The van der Waals surface area contributed by atoms with Gasteiger partial charge in [0.05, 0.1) is 0 Å². The number of halogens is 1. The molecule has 0 saturated heterocycles. The van der Waals surface area contributed by atoms with Crippen LogP contribution in [0, 0.1) is 12.7 Å². The van der Waals surface area contributed by atoms with Crippen molar-refractivity contribution in [2.45, 2.75) is 26.2 Å². The van der Waals surface area contributed by atoms with Crippen LogP contribution in [0.25, 0.3) is 0 Å². The molecule has 0 saturated carbocycles. The number of rotatable bonds is 5. The Labute approximate surface area is 89.3 Å². The van der Waals surface area contributed by atoms with Crippen molar-refractivity contribution in [1.29, 1.82) is 0 Å². The maximum Gasteiger partial charge on any atom is 0.137 e. The Morgan fingerprint density at radius 2 is 2.20 bits per heavy atom. The molecule has 1 rings (SSSR count). The first-order chi connectivity index (χ1) is 7.13. The molecule has 0 spiro atoms. The lowest BCUT2D eigenvalue weighted by Gasteiger charge is -2.04. The Bertz CT molecular complexity index is 349. The molecule has 1 aromatic rings. The van der Waals surface area contributed by atoms with E-state index in [4.69, 9.17) is 5.73 Å². The first-order valence-electron chi connectivity index (χ1n) is 5.10. The normalized spacial score (nSPS) is 10.3. The summed E-state index contributed by atoms with van der Waals surface area (Å²) in [6.45, 7) is 2.35. The molecule has 0 aliphatic heterocycles. The van der Waals surface area contributed by atoms with Gasteiger partial charge in [-0.15, -0.1) is 0 Å². The molecule has 2 nitrogen and oxygen atoms in total. The predicted octanol–water partition coefficient (Wildman–Crippen LogP) is 1.98. The SMILES string of the molecule is Cc1cc(F)ccc1CC(=O)CCCN. The van der Waals surface area contributed by atoms with E-state index >= 15 is 0 Å². The standard InChI is InChI=1S/C12H16FNO/c1-9-7-11(13)5-4-10(9)8-12(15)3-2-6-14/h4-5,7H,2-3,6,8,14H2,1H3. The molecule has 3 heteroatoms. The van der Waals surface area contributed by atoms with Gasteiger partial charge >= 0.3 is 0 Å². The molecular weight excluding hydrogens is 193 g/mol. The average Bonchev–Trinajstić information content (AvgIpc) is 2.19. The zero-order chi connectivity index (χ0) is 11.3. The lowest BCUT2D eigenvalue weighted by atomic mass is 10.0. The summed E-state index contributed by atoms with van der Waals surface area (Å²) < 4.78 is 12.8.